The summed E-state index contributed by atoms with van der Waals surface area (Å²) in [5.41, 5.74) is 3.61. The van der Waals surface area contributed by atoms with Crippen molar-refractivity contribution in [1.82, 2.24) is 20.6 Å². The lowest BCUT2D eigenvalue weighted by atomic mass is 10.2. The molecule has 0 saturated heterocycles. The highest BCUT2D eigenvalue weighted by atomic mass is 32.2. The van der Waals surface area contributed by atoms with Crippen LogP contribution >= 0.6 is 0 Å². The van der Waals surface area contributed by atoms with Gasteiger partial charge < -0.3 is 0 Å². The maximum absolute atomic E-state index is 13.8. The molecule has 0 unspecified atom stereocenters. The normalized spacial score (nSPS) is 11.0. The maximum Gasteiger partial charge on any atom is 0.288 e. The molecule has 0 saturated carbocycles. The summed E-state index contributed by atoms with van der Waals surface area (Å²) >= 11 is 0. The largest absolute Gasteiger partial charge is 0.288 e. The average Bonchev–Trinajstić information content (AvgIpc) is 2.60. The average molecular weight is 366 g/mol. The molecule has 10 heteroatoms. The molecule has 2 amide bonds. The lowest BCUT2D eigenvalue weighted by Gasteiger charge is -2.10. The van der Waals surface area contributed by atoms with Crippen LogP contribution in [0.4, 0.5) is 4.39 Å². The number of hydrazine groups is 1. The molecule has 0 radical (unpaired) electrons. The van der Waals surface area contributed by atoms with Gasteiger partial charge in [0.25, 0.3) is 11.8 Å². The lowest BCUT2D eigenvalue weighted by Crippen LogP contribution is -2.42. The van der Waals surface area contributed by atoms with Gasteiger partial charge in [-0.2, -0.15) is 0 Å². The number of nitrogens with zero attached hydrogens (tertiary/aromatic N) is 1. The first kappa shape index (κ1) is 18.5. The molecule has 2 aromatic rings. The van der Waals surface area contributed by atoms with Gasteiger partial charge in [0.2, 0.25) is 10.0 Å². The zero-order chi connectivity index (χ0) is 18.4. The first-order valence-corrected chi connectivity index (χ1v) is 8.64. The highest BCUT2D eigenvalue weighted by Gasteiger charge is 2.19. The maximum atomic E-state index is 13.8. The Kier molecular flexibility index (Phi) is 5.78. The van der Waals surface area contributed by atoms with Crippen molar-refractivity contribution >= 4 is 21.8 Å². The standard InChI is InChI=1S/C15H15FN4O4S/c1-2-18-25(23,24)10-6-7-12(16)11(9-10)14(21)19-20-15(22)13-5-3-4-8-17-13/h3-9,18H,2H2,1H3,(H,19,21)(H,20,22). The van der Waals surface area contributed by atoms with Gasteiger partial charge in [0.05, 0.1) is 10.5 Å². The molecule has 3 N–H and O–H groups in total. The molecule has 2 rings (SSSR count). The molecule has 25 heavy (non-hydrogen) atoms. The summed E-state index contributed by atoms with van der Waals surface area (Å²) in [6.07, 6.45) is 1.39. The van der Waals surface area contributed by atoms with Crippen LogP contribution in [0.1, 0.15) is 27.8 Å². The minimum atomic E-state index is -3.85. The molecule has 0 aliphatic heterocycles. The molecule has 0 spiro atoms. The fourth-order valence-corrected chi connectivity index (χ4v) is 2.93. The Bertz CT molecular complexity index is 888. The molecule has 0 aliphatic carbocycles. The van der Waals surface area contributed by atoms with Crippen molar-refractivity contribution in [3.63, 3.8) is 0 Å². The number of benzene rings is 1. The Hall–Kier alpha value is -2.85. The fraction of sp³-hybridized carbons (Fsp3) is 0.133. The predicted molar refractivity (Wildman–Crippen MR) is 86.4 cm³/mol. The molecule has 0 aliphatic rings. The minimum absolute atomic E-state index is 0.0479. The number of nitrogens with one attached hydrogen (secondary N) is 3. The molecule has 132 valence electrons. The minimum Gasteiger partial charge on any atom is -0.267 e. The lowest BCUT2D eigenvalue weighted by molar-refractivity contribution is 0.0841. The molecule has 0 fully saturated rings. The summed E-state index contributed by atoms with van der Waals surface area (Å²) in [5.74, 6) is -2.64. The van der Waals surface area contributed by atoms with Gasteiger partial charge in [0.1, 0.15) is 11.5 Å². The van der Waals surface area contributed by atoms with Crippen molar-refractivity contribution in [2.45, 2.75) is 11.8 Å². The van der Waals surface area contributed by atoms with Gasteiger partial charge in [-0.25, -0.2) is 17.5 Å². The second-order valence-corrected chi connectivity index (χ2v) is 6.53. The quantitative estimate of drug-likeness (QED) is 0.670. The molecule has 1 aromatic heterocycles. The third-order valence-corrected chi connectivity index (χ3v) is 4.56. The van der Waals surface area contributed by atoms with Crippen molar-refractivity contribution in [1.29, 1.82) is 0 Å². The van der Waals surface area contributed by atoms with Crippen molar-refractivity contribution in [2.24, 2.45) is 0 Å². The van der Waals surface area contributed by atoms with Gasteiger partial charge in [-0.05, 0) is 30.3 Å². The number of carbonyl (C=O) groups is 2. The Labute approximate surface area is 143 Å². The van der Waals surface area contributed by atoms with Crippen molar-refractivity contribution in [3.8, 4) is 0 Å². The monoisotopic (exact) mass is 366 g/mol. The highest BCUT2D eigenvalue weighted by Crippen LogP contribution is 2.15. The molecule has 1 heterocycles. The number of sulfonamides is 1. The zero-order valence-electron chi connectivity index (χ0n) is 13.1. The Morgan fingerprint density at radius 3 is 2.48 bits per heavy atom. The second-order valence-electron chi connectivity index (χ2n) is 4.77. The topological polar surface area (TPSA) is 117 Å². The summed E-state index contributed by atoms with van der Waals surface area (Å²) in [5, 5.41) is 0. The van der Waals surface area contributed by atoms with E-state index in [2.05, 4.69) is 15.1 Å². The van der Waals surface area contributed by atoms with E-state index in [4.69, 9.17) is 0 Å². The first-order chi connectivity index (χ1) is 11.8. The highest BCUT2D eigenvalue weighted by molar-refractivity contribution is 7.89. The van der Waals surface area contributed by atoms with Crippen LogP contribution in [0.3, 0.4) is 0 Å². The van der Waals surface area contributed by atoms with Crippen LogP contribution in [0, 0.1) is 5.82 Å². The molecule has 0 atom stereocenters. The Morgan fingerprint density at radius 2 is 1.84 bits per heavy atom. The van der Waals surface area contributed by atoms with Gasteiger partial charge in [0, 0.05) is 12.7 Å². The number of pyridine rings is 1. The van der Waals surface area contributed by atoms with E-state index < -0.39 is 33.2 Å². The van der Waals surface area contributed by atoms with Crippen molar-refractivity contribution in [3.05, 3.63) is 59.7 Å². The van der Waals surface area contributed by atoms with E-state index in [1.807, 2.05) is 5.43 Å². The molecule has 0 bridgehead atoms. The fourth-order valence-electron chi connectivity index (χ4n) is 1.86. The number of hydrogen-bond acceptors (Lipinski definition) is 5. The van der Waals surface area contributed by atoms with E-state index in [9.17, 15) is 22.4 Å². The molecule has 1 aromatic carbocycles. The van der Waals surface area contributed by atoms with E-state index in [1.54, 1.807) is 19.1 Å². The van der Waals surface area contributed by atoms with Gasteiger partial charge in [-0.1, -0.05) is 13.0 Å². The number of hydrogen-bond donors (Lipinski definition) is 3. The van der Waals surface area contributed by atoms with Crippen molar-refractivity contribution in [2.75, 3.05) is 6.54 Å². The zero-order valence-corrected chi connectivity index (χ0v) is 13.9. The van der Waals surface area contributed by atoms with Gasteiger partial charge >= 0.3 is 0 Å². The van der Waals surface area contributed by atoms with Gasteiger partial charge in [-0.3, -0.25) is 25.4 Å². The summed E-state index contributed by atoms with van der Waals surface area (Å²) in [6.45, 7) is 1.73. The smallest absolute Gasteiger partial charge is 0.267 e. The molecular weight excluding hydrogens is 351 g/mol. The molecular formula is C15H15FN4O4S. The van der Waals surface area contributed by atoms with E-state index >= 15 is 0 Å². The van der Waals surface area contributed by atoms with Crippen LogP contribution in [0.5, 0.6) is 0 Å². The van der Waals surface area contributed by atoms with Crippen molar-refractivity contribution < 1.29 is 22.4 Å². The van der Waals surface area contributed by atoms with Gasteiger partial charge in [-0.15, -0.1) is 0 Å². The number of halogens is 1. The Morgan fingerprint density at radius 1 is 1.12 bits per heavy atom. The third-order valence-electron chi connectivity index (χ3n) is 3.01. The van der Waals surface area contributed by atoms with E-state index in [0.29, 0.717) is 0 Å². The summed E-state index contributed by atoms with van der Waals surface area (Å²) in [7, 11) is -3.85. The summed E-state index contributed by atoms with van der Waals surface area (Å²) in [4.78, 5) is 27.3. The number of carbonyl (C=O) groups excluding carboxylic acids is 2. The SMILES string of the molecule is CCNS(=O)(=O)c1ccc(F)c(C(=O)NNC(=O)c2ccccn2)c1. The van der Waals surface area contributed by atoms with Crippen LogP contribution in [0.25, 0.3) is 0 Å². The van der Waals surface area contributed by atoms with E-state index in [-0.39, 0.29) is 17.1 Å². The summed E-state index contributed by atoms with van der Waals surface area (Å²) < 4.78 is 39.9. The predicted octanol–water partition coefficient (Wildman–Crippen LogP) is 0.594. The molecule has 8 nitrogen and oxygen atoms in total. The second kappa shape index (κ2) is 7.81. The first-order valence-electron chi connectivity index (χ1n) is 7.16. The van der Waals surface area contributed by atoms with Crippen LogP contribution < -0.4 is 15.6 Å². The van der Waals surface area contributed by atoms with E-state index in [0.717, 1.165) is 18.2 Å². The van der Waals surface area contributed by atoms with E-state index in [1.165, 1.54) is 12.3 Å². The van der Waals surface area contributed by atoms with Crippen LogP contribution in [-0.2, 0) is 10.0 Å². The summed E-state index contributed by atoms with van der Waals surface area (Å²) in [6, 6.07) is 7.40. The van der Waals surface area contributed by atoms with Crippen LogP contribution in [0.2, 0.25) is 0 Å². The van der Waals surface area contributed by atoms with Gasteiger partial charge in [0.15, 0.2) is 0 Å². The number of amides is 2. The number of aromatic nitrogens is 1. The Balaban J connectivity index is 2.15. The van der Waals surface area contributed by atoms with Crippen LogP contribution in [0.15, 0.2) is 47.5 Å². The van der Waals surface area contributed by atoms with Crippen LogP contribution in [-0.4, -0.2) is 31.8 Å². The third kappa shape index (κ3) is 4.58. The number of rotatable bonds is 5.